The lowest BCUT2D eigenvalue weighted by Crippen LogP contribution is -2.46. The number of carbonyl (C=O) groups excluding carboxylic acids is 2. The Morgan fingerprint density at radius 3 is 2.80 bits per heavy atom. The summed E-state index contributed by atoms with van der Waals surface area (Å²) in [6.07, 6.45) is 1.31. The summed E-state index contributed by atoms with van der Waals surface area (Å²) in [4.78, 5) is 21.4. The van der Waals surface area contributed by atoms with Crippen molar-refractivity contribution in [3.05, 3.63) is 0 Å². The predicted octanol–water partition coefficient (Wildman–Crippen LogP) is -1.09. The minimum Gasteiger partial charge on any atom is -0.351 e. The quantitative estimate of drug-likeness (QED) is 0.478. The van der Waals surface area contributed by atoms with E-state index in [1.165, 1.54) is 0 Å². The van der Waals surface area contributed by atoms with Crippen LogP contribution in [0, 0.1) is 0 Å². The van der Waals surface area contributed by atoms with Crippen LogP contribution in [0.4, 0.5) is 4.79 Å². The first-order valence-corrected chi connectivity index (χ1v) is 5.07. The molecule has 1 atom stereocenters. The SMILES string of the molecule is CC1(NCCC(=O)NC(N)=O)CCNC1. The highest BCUT2D eigenvalue weighted by Gasteiger charge is 2.27. The van der Waals surface area contributed by atoms with Crippen molar-refractivity contribution in [3.8, 4) is 0 Å². The molecule has 0 aromatic carbocycles. The number of imide groups is 1. The van der Waals surface area contributed by atoms with E-state index in [2.05, 4.69) is 17.6 Å². The second-order valence-electron chi connectivity index (χ2n) is 4.08. The molecule has 0 saturated carbocycles. The second kappa shape index (κ2) is 5.09. The van der Waals surface area contributed by atoms with Gasteiger partial charge in [-0.15, -0.1) is 0 Å². The van der Waals surface area contributed by atoms with E-state index in [0.29, 0.717) is 6.54 Å². The molecule has 1 aliphatic rings. The molecule has 1 aliphatic heterocycles. The molecule has 15 heavy (non-hydrogen) atoms. The van der Waals surface area contributed by atoms with Gasteiger partial charge in [0.2, 0.25) is 5.91 Å². The summed E-state index contributed by atoms with van der Waals surface area (Å²) in [6, 6.07) is -0.797. The highest BCUT2D eigenvalue weighted by atomic mass is 16.2. The van der Waals surface area contributed by atoms with Crippen LogP contribution < -0.4 is 21.7 Å². The largest absolute Gasteiger partial charge is 0.351 e. The minimum absolute atomic E-state index is 0.0625. The molecule has 1 heterocycles. The van der Waals surface area contributed by atoms with Gasteiger partial charge in [0.15, 0.2) is 0 Å². The van der Waals surface area contributed by atoms with Crippen molar-refractivity contribution in [3.63, 3.8) is 0 Å². The van der Waals surface area contributed by atoms with Crippen molar-refractivity contribution >= 4 is 11.9 Å². The molecule has 3 amide bonds. The van der Waals surface area contributed by atoms with Gasteiger partial charge in [-0.1, -0.05) is 0 Å². The van der Waals surface area contributed by atoms with Crippen LogP contribution in [0.2, 0.25) is 0 Å². The zero-order chi connectivity index (χ0) is 11.3. The molecule has 0 spiro atoms. The van der Waals surface area contributed by atoms with Crippen molar-refractivity contribution in [2.45, 2.75) is 25.3 Å². The van der Waals surface area contributed by atoms with E-state index in [9.17, 15) is 9.59 Å². The first kappa shape index (κ1) is 11.9. The Hall–Kier alpha value is -1.14. The highest BCUT2D eigenvalue weighted by Crippen LogP contribution is 2.12. The number of nitrogens with two attached hydrogens (primary N) is 1. The van der Waals surface area contributed by atoms with Gasteiger partial charge < -0.3 is 16.4 Å². The standard InChI is InChI=1S/C9H18N4O2/c1-9(3-5-11-6-9)12-4-2-7(14)13-8(10)15/h11-12H,2-6H2,1H3,(H3,10,13,14,15). The van der Waals surface area contributed by atoms with Gasteiger partial charge in [-0.2, -0.15) is 0 Å². The lowest BCUT2D eigenvalue weighted by atomic mass is 10.0. The summed E-state index contributed by atoms with van der Waals surface area (Å²) in [5.41, 5.74) is 4.87. The number of urea groups is 1. The van der Waals surface area contributed by atoms with E-state index in [-0.39, 0.29) is 17.9 Å². The summed E-state index contributed by atoms with van der Waals surface area (Å²) >= 11 is 0. The van der Waals surface area contributed by atoms with E-state index < -0.39 is 6.03 Å². The summed E-state index contributed by atoms with van der Waals surface area (Å²) in [5, 5.41) is 8.56. The average molecular weight is 214 g/mol. The summed E-state index contributed by atoms with van der Waals surface area (Å²) in [7, 11) is 0. The van der Waals surface area contributed by atoms with Gasteiger partial charge in [0.05, 0.1) is 0 Å². The van der Waals surface area contributed by atoms with Crippen LogP contribution in [0.15, 0.2) is 0 Å². The molecule has 5 N–H and O–H groups in total. The maximum atomic E-state index is 11.1. The van der Waals surface area contributed by atoms with E-state index in [0.717, 1.165) is 19.5 Å². The van der Waals surface area contributed by atoms with Crippen LogP contribution in [0.25, 0.3) is 0 Å². The Balaban J connectivity index is 2.15. The summed E-state index contributed by atoms with van der Waals surface area (Å²) in [5.74, 6) is -0.343. The normalized spacial score (nSPS) is 25.1. The van der Waals surface area contributed by atoms with Crippen molar-refractivity contribution in [1.82, 2.24) is 16.0 Å². The first-order valence-electron chi connectivity index (χ1n) is 5.07. The Morgan fingerprint density at radius 1 is 1.53 bits per heavy atom. The number of hydrogen-bond acceptors (Lipinski definition) is 4. The Kier molecular flexibility index (Phi) is 4.05. The molecule has 6 heteroatoms. The number of nitrogens with one attached hydrogen (secondary N) is 3. The van der Waals surface area contributed by atoms with Gasteiger partial charge in [0.1, 0.15) is 0 Å². The zero-order valence-corrected chi connectivity index (χ0v) is 8.93. The van der Waals surface area contributed by atoms with Crippen molar-refractivity contribution in [2.75, 3.05) is 19.6 Å². The molecule has 1 rings (SSSR count). The lowest BCUT2D eigenvalue weighted by molar-refractivity contribution is -0.119. The van der Waals surface area contributed by atoms with Crippen LogP contribution in [0.3, 0.4) is 0 Å². The van der Waals surface area contributed by atoms with E-state index in [1.54, 1.807) is 0 Å². The minimum atomic E-state index is -0.797. The van der Waals surface area contributed by atoms with Gasteiger partial charge in [0.25, 0.3) is 0 Å². The van der Waals surface area contributed by atoms with Gasteiger partial charge in [-0.25, -0.2) is 4.79 Å². The van der Waals surface area contributed by atoms with Crippen LogP contribution in [0.1, 0.15) is 19.8 Å². The molecular formula is C9H18N4O2. The number of rotatable bonds is 4. The molecule has 0 aliphatic carbocycles. The molecule has 0 bridgehead atoms. The summed E-state index contributed by atoms with van der Waals surface area (Å²) < 4.78 is 0. The number of carbonyl (C=O) groups is 2. The third-order valence-corrected chi connectivity index (χ3v) is 2.54. The van der Waals surface area contributed by atoms with E-state index in [4.69, 9.17) is 5.73 Å². The van der Waals surface area contributed by atoms with E-state index in [1.807, 2.05) is 5.32 Å². The third kappa shape index (κ3) is 4.26. The van der Waals surface area contributed by atoms with Crippen molar-refractivity contribution < 1.29 is 9.59 Å². The fourth-order valence-corrected chi connectivity index (χ4v) is 1.65. The second-order valence-corrected chi connectivity index (χ2v) is 4.08. The molecule has 1 unspecified atom stereocenters. The van der Waals surface area contributed by atoms with Crippen LogP contribution >= 0.6 is 0 Å². The molecule has 6 nitrogen and oxygen atoms in total. The number of amides is 3. The average Bonchev–Trinajstić information content (AvgIpc) is 2.51. The maximum Gasteiger partial charge on any atom is 0.318 e. The Bertz CT molecular complexity index is 248. The number of primary amides is 1. The molecule has 1 saturated heterocycles. The molecular weight excluding hydrogens is 196 g/mol. The molecule has 0 aromatic rings. The van der Waals surface area contributed by atoms with Gasteiger partial charge in [0, 0.05) is 25.0 Å². The lowest BCUT2D eigenvalue weighted by Gasteiger charge is -2.24. The van der Waals surface area contributed by atoms with Crippen LogP contribution in [0.5, 0.6) is 0 Å². The maximum absolute atomic E-state index is 11.1. The van der Waals surface area contributed by atoms with Crippen molar-refractivity contribution in [1.29, 1.82) is 0 Å². The van der Waals surface area contributed by atoms with E-state index >= 15 is 0 Å². The topological polar surface area (TPSA) is 96.2 Å². The van der Waals surface area contributed by atoms with Gasteiger partial charge in [-0.05, 0) is 19.9 Å². The monoisotopic (exact) mass is 214 g/mol. The zero-order valence-electron chi connectivity index (χ0n) is 8.93. The first-order chi connectivity index (χ1) is 7.02. The Labute approximate surface area is 89.0 Å². The smallest absolute Gasteiger partial charge is 0.318 e. The predicted molar refractivity (Wildman–Crippen MR) is 56.2 cm³/mol. The third-order valence-electron chi connectivity index (χ3n) is 2.54. The Morgan fingerprint density at radius 2 is 2.27 bits per heavy atom. The van der Waals surface area contributed by atoms with Gasteiger partial charge >= 0.3 is 6.03 Å². The van der Waals surface area contributed by atoms with Crippen LogP contribution in [-0.4, -0.2) is 37.1 Å². The molecule has 0 aromatic heterocycles. The highest BCUT2D eigenvalue weighted by molar-refractivity contribution is 5.93. The van der Waals surface area contributed by atoms with Gasteiger partial charge in [-0.3, -0.25) is 10.1 Å². The fourth-order valence-electron chi connectivity index (χ4n) is 1.65. The summed E-state index contributed by atoms with van der Waals surface area (Å²) in [6.45, 7) is 4.57. The van der Waals surface area contributed by atoms with Crippen LogP contribution in [-0.2, 0) is 4.79 Å². The molecule has 1 fully saturated rings. The molecule has 0 radical (unpaired) electrons. The van der Waals surface area contributed by atoms with Crippen molar-refractivity contribution in [2.24, 2.45) is 5.73 Å². The number of hydrogen-bond donors (Lipinski definition) is 4. The fraction of sp³-hybridized carbons (Fsp3) is 0.778. The molecule has 86 valence electrons.